The first-order valence-electron chi connectivity index (χ1n) is 9.50. The third kappa shape index (κ3) is 2.76. The largest absolute Gasteiger partial charge is 0.493 e. The summed E-state index contributed by atoms with van der Waals surface area (Å²) in [5.41, 5.74) is 0.669. The number of benzene rings is 1. The van der Waals surface area contributed by atoms with E-state index in [1.165, 1.54) is 10.5 Å². The number of hydrogen-bond acceptors (Lipinski definition) is 4. The van der Waals surface area contributed by atoms with Gasteiger partial charge >= 0.3 is 6.03 Å². The Balaban J connectivity index is 1.39. The molecule has 1 atom stereocenters. The highest BCUT2D eigenvalue weighted by Gasteiger charge is 2.55. The van der Waals surface area contributed by atoms with E-state index in [0.29, 0.717) is 5.92 Å². The van der Waals surface area contributed by atoms with Crippen molar-refractivity contribution in [1.29, 1.82) is 0 Å². The first-order valence-corrected chi connectivity index (χ1v) is 9.50. The molecule has 0 N–H and O–H groups in total. The monoisotopic (exact) mass is 357 g/mol. The predicted octanol–water partition coefficient (Wildman–Crippen LogP) is 1.99. The molecule has 0 bridgehead atoms. The SMILES string of the molecule is CN1C(=O)N(C)C2(CCN(C[C@@H]3CCOc4ccccc4C3)CC2)C1=O. The number of likely N-dealkylation sites (N-methyl/N-ethyl adjacent to an activating group) is 2. The van der Waals surface area contributed by atoms with Gasteiger partial charge in [0.15, 0.2) is 0 Å². The number of para-hydroxylation sites is 1. The van der Waals surface area contributed by atoms with E-state index < -0.39 is 5.54 Å². The molecule has 140 valence electrons. The number of rotatable bonds is 2. The number of carbonyl (C=O) groups is 2. The molecule has 3 aliphatic heterocycles. The number of ether oxygens (including phenoxy) is 1. The number of likely N-dealkylation sites (tertiary alicyclic amines) is 1. The number of fused-ring (bicyclic) bond motifs is 1. The van der Waals surface area contributed by atoms with Gasteiger partial charge in [-0.3, -0.25) is 9.69 Å². The van der Waals surface area contributed by atoms with Gasteiger partial charge in [-0.1, -0.05) is 18.2 Å². The zero-order chi connectivity index (χ0) is 18.3. The Hall–Kier alpha value is -2.08. The van der Waals surface area contributed by atoms with Crippen molar-refractivity contribution in [2.24, 2.45) is 5.92 Å². The van der Waals surface area contributed by atoms with E-state index in [1.54, 1.807) is 19.0 Å². The Bertz CT molecular complexity index is 712. The van der Waals surface area contributed by atoms with Crippen LogP contribution in [0.25, 0.3) is 0 Å². The summed E-state index contributed by atoms with van der Waals surface area (Å²) in [4.78, 5) is 30.1. The first kappa shape index (κ1) is 17.3. The Morgan fingerprint density at radius 2 is 1.88 bits per heavy atom. The standard InChI is InChI=1S/C20H27N3O3/c1-21-18(24)20(22(2)19(21)25)8-10-23(11-9-20)14-15-7-12-26-17-6-4-3-5-16(17)13-15/h3-6,15H,7-14H2,1-2H3/t15-/m1/s1. The molecule has 1 aromatic carbocycles. The molecule has 3 aliphatic rings. The van der Waals surface area contributed by atoms with Crippen molar-refractivity contribution in [2.75, 3.05) is 40.3 Å². The van der Waals surface area contributed by atoms with Crippen molar-refractivity contribution in [2.45, 2.75) is 31.2 Å². The van der Waals surface area contributed by atoms with Crippen LogP contribution in [0, 0.1) is 5.92 Å². The minimum absolute atomic E-state index is 0.0403. The molecule has 0 unspecified atom stereocenters. The van der Waals surface area contributed by atoms with Crippen LogP contribution in [0.5, 0.6) is 5.75 Å². The third-order valence-corrected chi connectivity index (χ3v) is 6.38. The van der Waals surface area contributed by atoms with Crippen LogP contribution in [0.15, 0.2) is 24.3 Å². The average molecular weight is 357 g/mol. The van der Waals surface area contributed by atoms with Gasteiger partial charge in [-0.2, -0.15) is 0 Å². The second kappa shape index (κ2) is 6.58. The Kier molecular flexibility index (Phi) is 4.39. The number of carbonyl (C=O) groups excluding carboxylic acids is 2. The summed E-state index contributed by atoms with van der Waals surface area (Å²) in [6.07, 6.45) is 3.53. The maximum absolute atomic E-state index is 12.6. The van der Waals surface area contributed by atoms with E-state index in [0.717, 1.165) is 57.7 Å². The van der Waals surface area contributed by atoms with Gasteiger partial charge in [0.2, 0.25) is 0 Å². The molecule has 4 rings (SSSR count). The molecule has 26 heavy (non-hydrogen) atoms. The van der Waals surface area contributed by atoms with Crippen LogP contribution < -0.4 is 4.74 Å². The van der Waals surface area contributed by atoms with Crippen molar-refractivity contribution >= 4 is 11.9 Å². The number of hydrogen-bond donors (Lipinski definition) is 0. The van der Waals surface area contributed by atoms with Crippen molar-refractivity contribution in [3.8, 4) is 5.75 Å². The summed E-state index contributed by atoms with van der Waals surface area (Å²) in [6.45, 7) is 3.50. The maximum Gasteiger partial charge on any atom is 0.327 e. The van der Waals surface area contributed by atoms with E-state index in [9.17, 15) is 9.59 Å². The van der Waals surface area contributed by atoms with Crippen LogP contribution in [-0.4, -0.2) is 72.5 Å². The molecule has 0 aliphatic carbocycles. The molecule has 3 heterocycles. The van der Waals surface area contributed by atoms with Crippen LogP contribution in [0.1, 0.15) is 24.8 Å². The third-order valence-electron chi connectivity index (χ3n) is 6.38. The van der Waals surface area contributed by atoms with Gasteiger partial charge in [0.1, 0.15) is 11.3 Å². The highest BCUT2D eigenvalue weighted by atomic mass is 16.5. The number of urea groups is 1. The summed E-state index contributed by atoms with van der Waals surface area (Å²) in [5.74, 6) is 1.54. The molecule has 1 aromatic rings. The summed E-state index contributed by atoms with van der Waals surface area (Å²) in [6, 6.07) is 8.13. The van der Waals surface area contributed by atoms with Crippen LogP contribution >= 0.6 is 0 Å². The fourth-order valence-corrected chi connectivity index (χ4v) is 4.69. The van der Waals surface area contributed by atoms with Crippen LogP contribution in [0.4, 0.5) is 4.79 Å². The second-order valence-corrected chi connectivity index (χ2v) is 7.85. The lowest BCUT2D eigenvalue weighted by atomic mass is 9.85. The fourth-order valence-electron chi connectivity index (χ4n) is 4.69. The lowest BCUT2D eigenvalue weighted by Crippen LogP contribution is -2.55. The zero-order valence-electron chi connectivity index (χ0n) is 15.6. The molecule has 0 saturated carbocycles. The number of amides is 3. The van der Waals surface area contributed by atoms with Crippen molar-refractivity contribution in [1.82, 2.24) is 14.7 Å². The lowest BCUT2D eigenvalue weighted by Gasteiger charge is -2.41. The normalized spacial score (nSPS) is 26.0. The van der Waals surface area contributed by atoms with Crippen molar-refractivity contribution in [3.63, 3.8) is 0 Å². The van der Waals surface area contributed by atoms with E-state index in [2.05, 4.69) is 23.1 Å². The highest BCUT2D eigenvalue weighted by molar-refractivity contribution is 6.06. The molecule has 6 heteroatoms. The molecule has 1 spiro atoms. The van der Waals surface area contributed by atoms with Gasteiger partial charge in [-0.05, 0) is 43.2 Å². The summed E-state index contributed by atoms with van der Waals surface area (Å²) < 4.78 is 5.88. The van der Waals surface area contributed by atoms with E-state index in [1.807, 2.05) is 6.07 Å². The van der Waals surface area contributed by atoms with Crippen molar-refractivity contribution < 1.29 is 14.3 Å². The topological polar surface area (TPSA) is 53.1 Å². The molecule has 6 nitrogen and oxygen atoms in total. The molecule has 3 amide bonds. The minimum Gasteiger partial charge on any atom is -0.493 e. The summed E-state index contributed by atoms with van der Waals surface area (Å²) in [5, 5.41) is 0. The van der Waals surface area contributed by atoms with Gasteiger partial charge in [-0.25, -0.2) is 4.79 Å². The second-order valence-electron chi connectivity index (χ2n) is 7.85. The molecule has 2 saturated heterocycles. The van der Waals surface area contributed by atoms with Gasteiger partial charge < -0.3 is 14.5 Å². The number of nitrogens with zero attached hydrogens (tertiary/aromatic N) is 3. The quantitative estimate of drug-likeness (QED) is 0.760. The van der Waals surface area contributed by atoms with Crippen LogP contribution in [0.3, 0.4) is 0 Å². The van der Waals surface area contributed by atoms with Crippen LogP contribution in [-0.2, 0) is 11.2 Å². The maximum atomic E-state index is 12.6. The Morgan fingerprint density at radius 3 is 2.58 bits per heavy atom. The average Bonchev–Trinajstić information content (AvgIpc) is 2.82. The molecule has 0 radical (unpaired) electrons. The minimum atomic E-state index is -0.624. The van der Waals surface area contributed by atoms with Gasteiger partial charge in [0, 0.05) is 33.7 Å². The lowest BCUT2D eigenvalue weighted by molar-refractivity contribution is -0.134. The summed E-state index contributed by atoms with van der Waals surface area (Å²) >= 11 is 0. The molecular weight excluding hydrogens is 330 g/mol. The Morgan fingerprint density at radius 1 is 1.15 bits per heavy atom. The van der Waals surface area contributed by atoms with E-state index >= 15 is 0 Å². The smallest absolute Gasteiger partial charge is 0.327 e. The molecule has 2 fully saturated rings. The van der Waals surface area contributed by atoms with Gasteiger partial charge in [0.05, 0.1) is 6.61 Å². The number of imide groups is 1. The molecule has 0 aromatic heterocycles. The van der Waals surface area contributed by atoms with Crippen molar-refractivity contribution in [3.05, 3.63) is 29.8 Å². The molecular formula is C20H27N3O3. The number of piperidine rings is 1. The van der Waals surface area contributed by atoms with Crippen LogP contribution in [0.2, 0.25) is 0 Å². The zero-order valence-corrected chi connectivity index (χ0v) is 15.6. The summed E-state index contributed by atoms with van der Waals surface area (Å²) in [7, 11) is 3.35. The van der Waals surface area contributed by atoms with Gasteiger partial charge in [-0.15, -0.1) is 0 Å². The van der Waals surface area contributed by atoms with E-state index in [-0.39, 0.29) is 11.9 Å². The van der Waals surface area contributed by atoms with E-state index in [4.69, 9.17) is 4.74 Å². The predicted molar refractivity (Wildman–Crippen MR) is 98.1 cm³/mol. The fraction of sp³-hybridized carbons (Fsp3) is 0.600. The van der Waals surface area contributed by atoms with Gasteiger partial charge in [0.25, 0.3) is 5.91 Å². The Labute approximate surface area is 154 Å². The highest BCUT2D eigenvalue weighted by Crippen LogP contribution is 2.36. The first-order chi connectivity index (χ1) is 12.5.